The van der Waals surface area contributed by atoms with Crippen molar-refractivity contribution in [1.82, 2.24) is 20.5 Å². The molecule has 2 heterocycles. The summed E-state index contributed by atoms with van der Waals surface area (Å²) in [6.07, 6.45) is 2.05. The summed E-state index contributed by atoms with van der Waals surface area (Å²) in [5, 5.41) is 11.1. The Morgan fingerprint density at radius 2 is 2.19 bits per heavy atom. The first-order valence-electron chi connectivity index (χ1n) is 5.61. The number of nitrogens with zero attached hydrogens (tertiary/aromatic N) is 2. The molecular formula is C10H16N4O2. The molecule has 0 atom stereocenters. The number of H-pyrrole nitrogens is 1. The zero-order chi connectivity index (χ0) is 11.4. The second-order valence-electron chi connectivity index (χ2n) is 3.80. The van der Waals surface area contributed by atoms with Crippen LogP contribution in [0.3, 0.4) is 0 Å². The molecule has 2 rings (SSSR count). The van der Waals surface area contributed by atoms with Gasteiger partial charge < -0.3 is 15.0 Å². The minimum Gasteiger partial charge on any atom is -0.460 e. The van der Waals surface area contributed by atoms with Gasteiger partial charge in [-0.2, -0.15) is 0 Å². The van der Waals surface area contributed by atoms with Crippen molar-refractivity contribution in [2.45, 2.75) is 25.7 Å². The highest BCUT2D eigenvalue weighted by Crippen LogP contribution is 2.21. The minimum atomic E-state index is -0.435. The van der Waals surface area contributed by atoms with E-state index in [2.05, 4.69) is 20.5 Å². The summed E-state index contributed by atoms with van der Waals surface area (Å²) in [6, 6.07) is 0. The molecule has 0 bridgehead atoms. The van der Waals surface area contributed by atoms with Crippen LogP contribution in [-0.4, -0.2) is 40.8 Å². The second kappa shape index (κ2) is 5.07. The molecule has 0 unspecified atom stereocenters. The zero-order valence-corrected chi connectivity index (χ0v) is 9.32. The number of aromatic amines is 1. The first-order valence-corrected chi connectivity index (χ1v) is 5.61. The number of aromatic nitrogens is 3. The standard InChI is InChI=1S/C10H16N4O2/c1-2-16-10(15)9-12-8(13-14-9)7-3-5-11-6-4-7/h7,11H,2-6H2,1H3,(H,12,13,14). The number of piperidine rings is 1. The van der Waals surface area contributed by atoms with Crippen molar-refractivity contribution in [3.8, 4) is 0 Å². The van der Waals surface area contributed by atoms with Crippen LogP contribution in [0.1, 0.15) is 42.1 Å². The molecule has 0 aromatic carbocycles. The average molecular weight is 224 g/mol. The van der Waals surface area contributed by atoms with Crippen LogP contribution in [0, 0.1) is 0 Å². The molecule has 6 heteroatoms. The number of hydrogen-bond acceptors (Lipinski definition) is 5. The minimum absolute atomic E-state index is 0.204. The van der Waals surface area contributed by atoms with Gasteiger partial charge in [0.2, 0.25) is 5.82 Å². The summed E-state index contributed by atoms with van der Waals surface area (Å²) in [4.78, 5) is 14.3. The molecule has 0 saturated carbocycles. The molecule has 1 aromatic heterocycles. The van der Waals surface area contributed by atoms with Gasteiger partial charge >= 0.3 is 5.97 Å². The summed E-state index contributed by atoms with van der Waals surface area (Å²) in [6.45, 7) is 4.09. The van der Waals surface area contributed by atoms with Gasteiger partial charge in [-0.25, -0.2) is 4.79 Å². The lowest BCUT2D eigenvalue weighted by atomic mass is 9.98. The molecule has 1 aromatic rings. The highest BCUT2D eigenvalue weighted by molar-refractivity contribution is 5.84. The molecule has 1 aliphatic rings. The molecule has 16 heavy (non-hydrogen) atoms. The van der Waals surface area contributed by atoms with Gasteiger partial charge in [-0.1, -0.05) is 0 Å². The maximum Gasteiger partial charge on any atom is 0.376 e. The Bertz CT molecular complexity index is 357. The van der Waals surface area contributed by atoms with Gasteiger partial charge in [-0.3, -0.25) is 0 Å². The lowest BCUT2D eigenvalue weighted by Crippen LogP contribution is -2.27. The largest absolute Gasteiger partial charge is 0.460 e. The van der Waals surface area contributed by atoms with Gasteiger partial charge in [0, 0.05) is 5.92 Å². The SMILES string of the molecule is CCOC(=O)c1nnc(C2CCNCC2)[nH]1. The van der Waals surface area contributed by atoms with Crippen molar-refractivity contribution in [2.24, 2.45) is 0 Å². The van der Waals surface area contributed by atoms with E-state index < -0.39 is 5.97 Å². The van der Waals surface area contributed by atoms with Gasteiger partial charge in [0.1, 0.15) is 5.82 Å². The van der Waals surface area contributed by atoms with Crippen LogP contribution in [0.15, 0.2) is 0 Å². The number of carbonyl (C=O) groups excluding carboxylic acids is 1. The number of ether oxygens (including phenoxy) is 1. The Morgan fingerprint density at radius 3 is 2.88 bits per heavy atom. The fourth-order valence-corrected chi connectivity index (χ4v) is 1.85. The molecule has 1 saturated heterocycles. The van der Waals surface area contributed by atoms with Crippen LogP contribution in [0.25, 0.3) is 0 Å². The second-order valence-corrected chi connectivity index (χ2v) is 3.80. The van der Waals surface area contributed by atoms with Crippen molar-refractivity contribution in [2.75, 3.05) is 19.7 Å². The van der Waals surface area contributed by atoms with Gasteiger partial charge in [0.05, 0.1) is 6.61 Å². The Balaban J connectivity index is 2.03. The number of hydrogen-bond donors (Lipinski definition) is 2. The highest BCUT2D eigenvalue weighted by atomic mass is 16.5. The summed E-state index contributed by atoms with van der Waals surface area (Å²) >= 11 is 0. The highest BCUT2D eigenvalue weighted by Gasteiger charge is 2.21. The van der Waals surface area contributed by atoms with Gasteiger partial charge in [0.25, 0.3) is 0 Å². The monoisotopic (exact) mass is 224 g/mol. The Hall–Kier alpha value is -1.43. The number of nitrogens with one attached hydrogen (secondary N) is 2. The van der Waals surface area contributed by atoms with E-state index in [1.807, 2.05) is 0 Å². The van der Waals surface area contributed by atoms with E-state index in [9.17, 15) is 4.79 Å². The van der Waals surface area contributed by atoms with Crippen LogP contribution in [0.5, 0.6) is 0 Å². The normalized spacial score (nSPS) is 17.3. The van der Waals surface area contributed by atoms with Gasteiger partial charge in [0.15, 0.2) is 0 Å². The first kappa shape index (κ1) is 11.1. The van der Waals surface area contributed by atoms with E-state index in [4.69, 9.17) is 4.74 Å². The molecule has 88 valence electrons. The van der Waals surface area contributed by atoms with Crippen molar-refractivity contribution in [1.29, 1.82) is 0 Å². The van der Waals surface area contributed by atoms with E-state index in [1.165, 1.54) is 0 Å². The van der Waals surface area contributed by atoms with Crippen LogP contribution in [0.4, 0.5) is 0 Å². The summed E-state index contributed by atoms with van der Waals surface area (Å²) in [7, 11) is 0. The predicted octanol–water partition coefficient (Wildman–Crippen LogP) is 0.448. The van der Waals surface area contributed by atoms with E-state index in [0.717, 1.165) is 31.8 Å². The van der Waals surface area contributed by atoms with E-state index in [-0.39, 0.29) is 5.82 Å². The number of esters is 1. The zero-order valence-electron chi connectivity index (χ0n) is 9.32. The third-order valence-corrected chi connectivity index (χ3v) is 2.70. The smallest absolute Gasteiger partial charge is 0.376 e. The van der Waals surface area contributed by atoms with Crippen molar-refractivity contribution in [3.63, 3.8) is 0 Å². The molecular weight excluding hydrogens is 208 g/mol. The average Bonchev–Trinajstić information content (AvgIpc) is 2.80. The summed E-state index contributed by atoms with van der Waals surface area (Å²) < 4.78 is 4.84. The summed E-state index contributed by atoms with van der Waals surface area (Å²) in [5.74, 6) is 0.937. The van der Waals surface area contributed by atoms with E-state index in [0.29, 0.717) is 12.5 Å². The lowest BCUT2D eigenvalue weighted by molar-refractivity contribution is 0.0512. The molecule has 1 fully saturated rings. The van der Waals surface area contributed by atoms with Gasteiger partial charge in [-0.15, -0.1) is 10.2 Å². The first-order chi connectivity index (χ1) is 7.81. The van der Waals surface area contributed by atoms with Crippen LogP contribution >= 0.6 is 0 Å². The van der Waals surface area contributed by atoms with Crippen molar-refractivity contribution >= 4 is 5.97 Å². The Labute approximate surface area is 93.8 Å². The topological polar surface area (TPSA) is 79.9 Å². The van der Waals surface area contributed by atoms with Crippen molar-refractivity contribution < 1.29 is 9.53 Å². The molecule has 0 spiro atoms. The van der Waals surface area contributed by atoms with Crippen LogP contribution < -0.4 is 5.32 Å². The molecule has 1 aliphatic heterocycles. The lowest BCUT2D eigenvalue weighted by Gasteiger charge is -2.19. The number of rotatable bonds is 3. The number of carbonyl (C=O) groups is 1. The molecule has 2 N–H and O–H groups in total. The van der Waals surface area contributed by atoms with Crippen LogP contribution in [-0.2, 0) is 4.74 Å². The molecule has 0 amide bonds. The predicted molar refractivity (Wildman–Crippen MR) is 57.2 cm³/mol. The maximum atomic E-state index is 11.4. The third kappa shape index (κ3) is 2.38. The summed E-state index contributed by atoms with van der Waals surface area (Å²) in [5.41, 5.74) is 0. The fourth-order valence-electron chi connectivity index (χ4n) is 1.85. The third-order valence-electron chi connectivity index (χ3n) is 2.70. The Morgan fingerprint density at radius 1 is 1.44 bits per heavy atom. The Kier molecular flexibility index (Phi) is 3.51. The van der Waals surface area contributed by atoms with E-state index >= 15 is 0 Å². The van der Waals surface area contributed by atoms with Crippen molar-refractivity contribution in [3.05, 3.63) is 11.6 Å². The molecule has 0 radical (unpaired) electrons. The maximum absolute atomic E-state index is 11.4. The quantitative estimate of drug-likeness (QED) is 0.729. The molecule has 6 nitrogen and oxygen atoms in total. The van der Waals surface area contributed by atoms with Gasteiger partial charge in [-0.05, 0) is 32.9 Å². The fraction of sp³-hybridized carbons (Fsp3) is 0.700. The van der Waals surface area contributed by atoms with Crippen LogP contribution in [0.2, 0.25) is 0 Å². The van der Waals surface area contributed by atoms with E-state index in [1.54, 1.807) is 6.92 Å². The molecule has 0 aliphatic carbocycles.